The van der Waals surface area contributed by atoms with E-state index >= 15 is 0 Å². The highest BCUT2D eigenvalue weighted by atomic mass is 32.1. The summed E-state index contributed by atoms with van der Waals surface area (Å²) in [6.45, 7) is 0.794. The van der Waals surface area contributed by atoms with Crippen LogP contribution < -0.4 is 5.32 Å². The Kier molecular flexibility index (Phi) is 4.72. The van der Waals surface area contributed by atoms with Gasteiger partial charge in [0.25, 0.3) is 0 Å². The number of nitrogens with one attached hydrogen (secondary N) is 1. The first-order chi connectivity index (χ1) is 6.33. The molecule has 0 aromatic carbocycles. The van der Waals surface area contributed by atoms with E-state index in [2.05, 4.69) is 16.8 Å². The summed E-state index contributed by atoms with van der Waals surface area (Å²) in [6, 6.07) is 2.08. The monoisotopic (exact) mass is 197 g/mol. The van der Waals surface area contributed by atoms with E-state index in [9.17, 15) is 4.79 Å². The molecule has 0 fully saturated rings. The lowest BCUT2D eigenvalue weighted by molar-refractivity contribution is -0.118. The van der Waals surface area contributed by atoms with Gasteiger partial charge < -0.3 is 5.32 Å². The van der Waals surface area contributed by atoms with Crippen LogP contribution in [0, 0.1) is 0 Å². The predicted octanol–water partition coefficient (Wildman–Crippen LogP) is 1.86. The lowest BCUT2D eigenvalue weighted by Gasteiger charge is -1.98. The summed E-state index contributed by atoms with van der Waals surface area (Å²) in [4.78, 5) is 11.3. The molecule has 13 heavy (non-hydrogen) atoms. The molecule has 1 N–H and O–H groups in total. The number of hydrogen-bond donors (Lipinski definition) is 1. The normalized spacial score (nSPS) is 10.2. The van der Waals surface area contributed by atoms with Crippen molar-refractivity contribution in [3.63, 3.8) is 0 Å². The van der Waals surface area contributed by atoms with Crippen LogP contribution >= 0.6 is 11.3 Å². The number of aryl methyl sites for hydroxylation is 1. The summed E-state index contributed by atoms with van der Waals surface area (Å²) in [5.41, 5.74) is 1.28. The van der Waals surface area contributed by atoms with Gasteiger partial charge in [0, 0.05) is 19.4 Å². The van der Waals surface area contributed by atoms with Crippen LogP contribution in [0.4, 0.5) is 0 Å². The summed E-state index contributed by atoms with van der Waals surface area (Å²) in [7, 11) is 1.87. The second-order valence-electron chi connectivity index (χ2n) is 3.02. The van der Waals surface area contributed by atoms with E-state index in [1.165, 1.54) is 5.56 Å². The SMILES string of the molecule is CNCCC(=O)CCc1ccsc1. The standard InChI is InChI=1S/C10H15NOS/c1-11-6-4-10(12)3-2-9-5-7-13-8-9/h5,7-8,11H,2-4,6H2,1H3. The van der Waals surface area contributed by atoms with Crippen molar-refractivity contribution in [1.29, 1.82) is 0 Å². The van der Waals surface area contributed by atoms with E-state index in [0.717, 1.165) is 13.0 Å². The summed E-state index contributed by atoms with van der Waals surface area (Å²) in [5, 5.41) is 7.12. The van der Waals surface area contributed by atoms with Gasteiger partial charge in [-0.1, -0.05) is 0 Å². The van der Waals surface area contributed by atoms with E-state index in [1.54, 1.807) is 11.3 Å². The number of carbonyl (C=O) groups is 1. The molecule has 0 unspecified atom stereocenters. The van der Waals surface area contributed by atoms with Crippen molar-refractivity contribution in [2.45, 2.75) is 19.3 Å². The maximum Gasteiger partial charge on any atom is 0.134 e. The molecular formula is C10H15NOS. The molecule has 0 amide bonds. The molecule has 0 aliphatic heterocycles. The molecule has 1 aromatic rings. The Hall–Kier alpha value is -0.670. The van der Waals surface area contributed by atoms with Crippen LogP contribution in [0.2, 0.25) is 0 Å². The Morgan fingerprint density at radius 1 is 1.54 bits per heavy atom. The number of Topliss-reactive ketones (excluding diaryl/α,β-unsaturated/α-hetero) is 1. The number of hydrogen-bond acceptors (Lipinski definition) is 3. The first-order valence-corrected chi connectivity index (χ1v) is 5.44. The van der Waals surface area contributed by atoms with Crippen LogP contribution in [0.5, 0.6) is 0 Å². The maximum absolute atomic E-state index is 11.3. The molecule has 1 heterocycles. The largest absolute Gasteiger partial charge is 0.319 e. The number of rotatable bonds is 6. The third-order valence-corrected chi connectivity index (χ3v) is 2.66. The Morgan fingerprint density at radius 2 is 2.38 bits per heavy atom. The fourth-order valence-electron chi connectivity index (χ4n) is 1.11. The van der Waals surface area contributed by atoms with Crippen molar-refractivity contribution in [2.75, 3.05) is 13.6 Å². The highest BCUT2D eigenvalue weighted by Crippen LogP contribution is 2.08. The van der Waals surface area contributed by atoms with Crippen molar-refractivity contribution in [3.05, 3.63) is 22.4 Å². The minimum absolute atomic E-state index is 0.348. The Balaban J connectivity index is 2.15. The molecule has 72 valence electrons. The molecule has 0 saturated heterocycles. The van der Waals surface area contributed by atoms with Gasteiger partial charge in [-0.15, -0.1) is 0 Å². The van der Waals surface area contributed by atoms with Gasteiger partial charge in [0.05, 0.1) is 0 Å². The molecule has 3 heteroatoms. The highest BCUT2D eigenvalue weighted by molar-refractivity contribution is 7.07. The number of carbonyl (C=O) groups excluding carboxylic acids is 1. The van der Waals surface area contributed by atoms with Crippen LogP contribution in [0.1, 0.15) is 18.4 Å². The molecule has 0 atom stereocenters. The molecule has 1 aromatic heterocycles. The zero-order valence-corrected chi connectivity index (χ0v) is 8.69. The molecule has 0 bridgehead atoms. The maximum atomic E-state index is 11.3. The van der Waals surface area contributed by atoms with Crippen molar-refractivity contribution in [3.8, 4) is 0 Å². The van der Waals surface area contributed by atoms with Gasteiger partial charge in [-0.2, -0.15) is 11.3 Å². The van der Waals surface area contributed by atoms with Crippen LogP contribution in [-0.4, -0.2) is 19.4 Å². The van der Waals surface area contributed by atoms with Crippen molar-refractivity contribution < 1.29 is 4.79 Å². The number of ketones is 1. The van der Waals surface area contributed by atoms with E-state index in [1.807, 2.05) is 12.4 Å². The lowest BCUT2D eigenvalue weighted by Crippen LogP contribution is -2.13. The fraction of sp³-hybridized carbons (Fsp3) is 0.500. The molecule has 0 spiro atoms. The second kappa shape index (κ2) is 5.89. The number of thiophene rings is 1. The smallest absolute Gasteiger partial charge is 0.134 e. The van der Waals surface area contributed by atoms with E-state index in [4.69, 9.17) is 0 Å². The summed E-state index contributed by atoms with van der Waals surface area (Å²) >= 11 is 1.69. The van der Waals surface area contributed by atoms with Crippen molar-refractivity contribution in [2.24, 2.45) is 0 Å². The first-order valence-electron chi connectivity index (χ1n) is 4.50. The van der Waals surface area contributed by atoms with E-state index in [0.29, 0.717) is 18.6 Å². The summed E-state index contributed by atoms with van der Waals surface area (Å²) < 4.78 is 0. The highest BCUT2D eigenvalue weighted by Gasteiger charge is 2.01. The molecular weight excluding hydrogens is 182 g/mol. The van der Waals surface area contributed by atoms with Crippen LogP contribution in [0.15, 0.2) is 16.8 Å². The first kappa shape index (κ1) is 10.4. The summed E-state index contributed by atoms with van der Waals surface area (Å²) in [5.74, 6) is 0.348. The van der Waals surface area contributed by atoms with E-state index < -0.39 is 0 Å². The van der Waals surface area contributed by atoms with Gasteiger partial charge in [0.1, 0.15) is 5.78 Å². The zero-order chi connectivity index (χ0) is 9.52. The fourth-order valence-corrected chi connectivity index (χ4v) is 1.81. The van der Waals surface area contributed by atoms with Crippen molar-refractivity contribution >= 4 is 17.1 Å². The summed E-state index contributed by atoms with van der Waals surface area (Å²) in [6.07, 6.45) is 2.23. The molecule has 0 saturated carbocycles. The van der Waals surface area contributed by atoms with Crippen LogP contribution in [-0.2, 0) is 11.2 Å². The zero-order valence-electron chi connectivity index (χ0n) is 7.88. The van der Waals surface area contributed by atoms with Gasteiger partial charge in [-0.3, -0.25) is 4.79 Å². The van der Waals surface area contributed by atoms with Gasteiger partial charge in [-0.25, -0.2) is 0 Å². The molecule has 0 aliphatic carbocycles. The quantitative estimate of drug-likeness (QED) is 0.754. The minimum Gasteiger partial charge on any atom is -0.319 e. The predicted molar refractivity (Wildman–Crippen MR) is 56.2 cm³/mol. The topological polar surface area (TPSA) is 29.1 Å². The third-order valence-electron chi connectivity index (χ3n) is 1.93. The van der Waals surface area contributed by atoms with E-state index in [-0.39, 0.29) is 0 Å². The minimum atomic E-state index is 0.348. The second-order valence-corrected chi connectivity index (χ2v) is 3.80. The Labute approximate surface area is 83.0 Å². The van der Waals surface area contributed by atoms with Gasteiger partial charge in [0.2, 0.25) is 0 Å². The van der Waals surface area contributed by atoms with Crippen molar-refractivity contribution in [1.82, 2.24) is 5.32 Å². The molecule has 2 nitrogen and oxygen atoms in total. The van der Waals surface area contributed by atoms with Crippen LogP contribution in [0.25, 0.3) is 0 Å². The lowest BCUT2D eigenvalue weighted by atomic mass is 10.1. The molecule has 0 radical (unpaired) electrons. The van der Waals surface area contributed by atoms with Gasteiger partial charge >= 0.3 is 0 Å². The Bertz CT molecular complexity index is 243. The van der Waals surface area contributed by atoms with Gasteiger partial charge in [-0.05, 0) is 35.9 Å². The average Bonchev–Trinajstić information content (AvgIpc) is 2.64. The molecule has 0 aliphatic rings. The average molecular weight is 197 g/mol. The third kappa shape index (κ3) is 4.20. The van der Waals surface area contributed by atoms with Gasteiger partial charge in [0.15, 0.2) is 0 Å². The Morgan fingerprint density at radius 3 is 3.00 bits per heavy atom. The van der Waals surface area contributed by atoms with Crippen LogP contribution in [0.3, 0.4) is 0 Å². The molecule has 1 rings (SSSR count).